The molecule has 1 aromatic heterocycles. The van der Waals surface area contributed by atoms with Gasteiger partial charge in [-0.25, -0.2) is 4.98 Å². The Morgan fingerprint density at radius 2 is 1.81 bits per heavy atom. The van der Waals surface area contributed by atoms with E-state index in [1.54, 1.807) is 7.11 Å². The Morgan fingerprint density at radius 1 is 1.12 bits per heavy atom. The molecule has 1 aromatic carbocycles. The fourth-order valence-corrected chi connectivity index (χ4v) is 1.85. The number of hydrogen-bond donors (Lipinski definition) is 0. The van der Waals surface area contributed by atoms with Gasteiger partial charge in [0, 0.05) is 10.5 Å². The number of benzene rings is 1. The summed E-state index contributed by atoms with van der Waals surface area (Å²) in [5.41, 5.74) is 2.06. The van der Waals surface area contributed by atoms with Gasteiger partial charge >= 0.3 is 0 Å². The second-order valence-corrected chi connectivity index (χ2v) is 4.53. The van der Waals surface area contributed by atoms with Crippen LogP contribution >= 0.6 is 27.5 Å². The highest BCUT2D eigenvalue weighted by molar-refractivity contribution is 9.10. The average Bonchev–Trinajstić information content (AvgIpc) is 2.29. The van der Waals surface area contributed by atoms with Crippen LogP contribution in [0.2, 0.25) is 5.15 Å². The first-order valence-electron chi connectivity index (χ1n) is 4.66. The molecule has 0 N–H and O–H groups in total. The zero-order valence-corrected chi connectivity index (χ0v) is 10.9. The van der Waals surface area contributed by atoms with E-state index in [1.807, 2.05) is 36.4 Å². The van der Waals surface area contributed by atoms with Gasteiger partial charge < -0.3 is 4.74 Å². The van der Waals surface area contributed by atoms with Crippen LogP contribution in [0.3, 0.4) is 0 Å². The zero-order valence-electron chi connectivity index (χ0n) is 8.58. The summed E-state index contributed by atoms with van der Waals surface area (Å²) in [5, 5.41) is 0.428. The van der Waals surface area contributed by atoms with Gasteiger partial charge in [-0.2, -0.15) is 0 Å². The van der Waals surface area contributed by atoms with E-state index in [-0.39, 0.29) is 0 Å². The van der Waals surface area contributed by atoms with Crippen molar-refractivity contribution in [3.63, 3.8) is 0 Å². The highest BCUT2D eigenvalue weighted by Gasteiger charge is 2.03. The van der Waals surface area contributed by atoms with Crippen molar-refractivity contribution >= 4 is 27.5 Å². The van der Waals surface area contributed by atoms with E-state index in [0.29, 0.717) is 11.0 Å². The summed E-state index contributed by atoms with van der Waals surface area (Å²) in [6.45, 7) is 0. The maximum atomic E-state index is 5.91. The lowest BCUT2D eigenvalue weighted by atomic mass is 10.1. The molecule has 16 heavy (non-hydrogen) atoms. The third-order valence-corrected chi connectivity index (χ3v) is 2.88. The van der Waals surface area contributed by atoms with Gasteiger partial charge in [0.15, 0.2) is 0 Å². The molecular weight excluding hydrogens is 289 g/mol. The van der Waals surface area contributed by atoms with Gasteiger partial charge in [0.25, 0.3) is 0 Å². The Bertz CT molecular complexity index is 499. The van der Waals surface area contributed by atoms with E-state index in [1.165, 1.54) is 0 Å². The second-order valence-electron chi connectivity index (χ2n) is 3.23. The van der Waals surface area contributed by atoms with Gasteiger partial charge in [-0.15, -0.1) is 0 Å². The van der Waals surface area contributed by atoms with E-state index in [4.69, 9.17) is 16.3 Å². The van der Waals surface area contributed by atoms with Crippen molar-refractivity contribution in [3.05, 3.63) is 46.0 Å². The molecule has 0 aliphatic carbocycles. The highest BCUT2D eigenvalue weighted by Crippen LogP contribution is 2.26. The lowest BCUT2D eigenvalue weighted by molar-refractivity contribution is 0.398. The smallest absolute Gasteiger partial charge is 0.214 e. The van der Waals surface area contributed by atoms with E-state index in [2.05, 4.69) is 20.9 Å². The molecule has 0 aliphatic heterocycles. The fourth-order valence-electron chi connectivity index (χ4n) is 1.39. The predicted molar refractivity (Wildman–Crippen MR) is 68.9 cm³/mol. The van der Waals surface area contributed by atoms with Crippen LogP contribution in [-0.4, -0.2) is 12.1 Å². The number of pyridine rings is 1. The minimum atomic E-state index is 0.428. The van der Waals surface area contributed by atoms with Crippen LogP contribution in [-0.2, 0) is 0 Å². The quantitative estimate of drug-likeness (QED) is 0.776. The molecule has 0 saturated carbocycles. The lowest BCUT2D eigenvalue weighted by Gasteiger charge is -2.05. The lowest BCUT2D eigenvalue weighted by Crippen LogP contribution is -1.89. The van der Waals surface area contributed by atoms with Gasteiger partial charge in [0.05, 0.1) is 7.11 Å². The standard InChI is InChI=1S/C12H9BrClNO/c1-16-12-7-9(6-11(14)15-12)8-2-4-10(13)5-3-8/h2-7H,1H3. The van der Waals surface area contributed by atoms with Gasteiger partial charge in [0.1, 0.15) is 5.15 Å². The number of hydrogen-bond acceptors (Lipinski definition) is 2. The number of rotatable bonds is 2. The molecule has 0 bridgehead atoms. The molecule has 1 heterocycles. The van der Waals surface area contributed by atoms with Gasteiger partial charge in [-0.3, -0.25) is 0 Å². The SMILES string of the molecule is COc1cc(-c2ccc(Br)cc2)cc(Cl)n1. The van der Waals surface area contributed by atoms with Crippen LogP contribution in [0, 0.1) is 0 Å². The number of methoxy groups -OCH3 is 1. The third kappa shape index (κ3) is 2.54. The molecule has 0 amide bonds. The Morgan fingerprint density at radius 3 is 2.44 bits per heavy atom. The minimum Gasteiger partial charge on any atom is -0.481 e. The molecule has 0 radical (unpaired) electrons. The van der Waals surface area contributed by atoms with E-state index in [0.717, 1.165) is 15.6 Å². The minimum absolute atomic E-state index is 0.428. The van der Waals surface area contributed by atoms with Gasteiger partial charge in [-0.05, 0) is 29.3 Å². The van der Waals surface area contributed by atoms with Crippen molar-refractivity contribution in [1.29, 1.82) is 0 Å². The van der Waals surface area contributed by atoms with Crippen LogP contribution in [0.15, 0.2) is 40.9 Å². The molecule has 0 aliphatic rings. The second kappa shape index (κ2) is 4.85. The van der Waals surface area contributed by atoms with E-state index in [9.17, 15) is 0 Å². The molecule has 2 nitrogen and oxygen atoms in total. The average molecular weight is 299 g/mol. The number of halogens is 2. The number of nitrogens with zero attached hydrogens (tertiary/aromatic N) is 1. The first-order chi connectivity index (χ1) is 7.69. The maximum absolute atomic E-state index is 5.91. The summed E-state index contributed by atoms with van der Waals surface area (Å²) >= 11 is 9.31. The summed E-state index contributed by atoms with van der Waals surface area (Å²) in [4.78, 5) is 4.03. The van der Waals surface area contributed by atoms with Crippen molar-refractivity contribution in [2.24, 2.45) is 0 Å². The molecule has 2 rings (SSSR count). The van der Waals surface area contributed by atoms with Gasteiger partial charge in [0.2, 0.25) is 5.88 Å². The molecule has 4 heteroatoms. The molecule has 2 aromatic rings. The summed E-state index contributed by atoms with van der Waals surface area (Å²) in [6, 6.07) is 11.7. The Labute approximate surface area is 107 Å². The van der Waals surface area contributed by atoms with Crippen molar-refractivity contribution < 1.29 is 4.74 Å². The van der Waals surface area contributed by atoms with Crippen molar-refractivity contribution in [1.82, 2.24) is 4.98 Å². The fraction of sp³-hybridized carbons (Fsp3) is 0.0833. The molecule has 0 saturated heterocycles. The van der Waals surface area contributed by atoms with Crippen LogP contribution in [0.1, 0.15) is 0 Å². The highest BCUT2D eigenvalue weighted by atomic mass is 79.9. The summed E-state index contributed by atoms with van der Waals surface area (Å²) in [5.74, 6) is 0.519. The first kappa shape index (κ1) is 11.4. The third-order valence-electron chi connectivity index (χ3n) is 2.16. The molecule has 82 valence electrons. The van der Waals surface area contributed by atoms with Crippen LogP contribution < -0.4 is 4.74 Å². The molecular formula is C12H9BrClNO. The van der Waals surface area contributed by atoms with Crippen LogP contribution in [0.25, 0.3) is 11.1 Å². The topological polar surface area (TPSA) is 22.1 Å². The summed E-state index contributed by atoms with van der Waals surface area (Å²) in [6.07, 6.45) is 0. The maximum Gasteiger partial charge on any atom is 0.214 e. The number of aromatic nitrogens is 1. The Kier molecular flexibility index (Phi) is 3.46. The van der Waals surface area contributed by atoms with E-state index < -0.39 is 0 Å². The van der Waals surface area contributed by atoms with Crippen LogP contribution in [0.4, 0.5) is 0 Å². The Hall–Kier alpha value is -1.06. The molecule has 0 fully saturated rings. The monoisotopic (exact) mass is 297 g/mol. The molecule has 0 spiro atoms. The van der Waals surface area contributed by atoms with Crippen molar-refractivity contribution in [2.75, 3.05) is 7.11 Å². The predicted octanol–water partition coefficient (Wildman–Crippen LogP) is 4.17. The van der Waals surface area contributed by atoms with Crippen molar-refractivity contribution in [2.45, 2.75) is 0 Å². The normalized spacial score (nSPS) is 10.2. The van der Waals surface area contributed by atoms with Gasteiger partial charge in [-0.1, -0.05) is 39.7 Å². The zero-order chi connectivity index (χ0) is 11.5. The van der Waals surface area contributed by atoms with Crippen LogP contribution in [0.5, 0.6) is 5.88 Å². The van der Waals surface area contributed by atoms with Crippen molar-refractivity contribution in [3.8, 4) is 17.0 Å². The summed E-state index contributed by atoms with van der Waals surface area (Å²) < 4.78 is 6.12. The molecule has 0 unspecified atom stereocenters. The molecule has 0 atom stereocenters. The Balaban J connectivity index is 2.47. The number of ether oxygens (including phenoxy) is 1. The largest absolute Gasteiger partial charge is 0.481 e. The summed E-state index contributed by atoms with van der Waals surface area (Å²) in [7, 11) is 1.57. The van der Waals surface area contributed by atoms with E-state index >= 15 is 0 Å². The first-order valence-corrected chi connectivity index (χ1v) is 5.83.